The number of nitrogens with two attached hydrogens (primary N) is 1. The largest absolute Gasteiger partial charge is 0.493 e. The molecule has 0 spiro atoms. The maximum atomic E-state index is 6.26. The second-order valence-electron chi connectivity index (χ2n) is 4.85. The molecule has 0 bridgehead atoms. The van der Waals surface area contributed by atoms with Crippen molar-refractivity contribution < 1.29 is 4.74 Å². The van der Waals surface area contributed by atoms with Gasteiger partial charge in [-0.15, -0.1) is 0 Å². The third kappa shape index (κ3) is 3.62. The van der Waals surface area contributed by atoms with Crippen molar-refractivity contribution in [1.29, 1.82) is 0 Å². The molecule has 0 amide bonds. The van der Waals surface area contributed by atoms with Crippen molar-refractivity contribution in [2.24, 2.45) is 11.7 Å². The normalized spacial score (nSPS) is 11.0. The Morgan fingerprint density at radius 3 is 2.53 bits per heavy atom. The van der Waals surface area contributed by atoms with Gasteiger partial charge < -0.3 is 10.5 Å². The number of benzene rings is 1. The summed E-state index contributed by atoms with van der Waals surface area (Å²) in [4.78, 5) is 0. The first-order valence-electron chi connectivity index (χ1n) is 6.08. The van der Waals surface area contributed by atoms with E-state index < -0.39 is 0 Å². The maximum absolute atomic E-state index is 6.26. The van der Waals surface area contributed by atoms with Crippen LogP contribution in [0.5, 0.6) is 5.75 Å². The summed E-state index contributed by atoms with van der Waals surface area (Å²) >= 11 is 6.26. The van der Waals surface area contributed by atoms with E-state index in [1.807, 2.05) is 19.9 Å². The second-order valence-corrected chi connectivity index (χ2v) is 5.23. The average Bonchev–Trinajstić information content (AvgIpc) is 2.27. The second kappa shape index (κ2) is 6.27. The number of aryl methyl sites for hydroxylation is 1. The fourth-order valence-corrected chi connectivity index (χ4v) is 1.97. The summed E-state index contributed by atoms with van der Waals surface area (Å²) in [5.41, 5.74) is 8.94. The molecular formula is C14H22ClNO. The zero-order valence-corrected chi connectivity index (χ0v) is 11.9. The molecule has 2 nitrogen and oxygen atoms in total. The summed E-state index contributed by atoms with van der Waals surface area (Å²) < 4.78 is 5.85. The summed E-state index contributed by atoms with van der Waals surface area (Å²) in [7, 11) is 0. The highest BCUT2D eigenvalue weighted by Gasteiger charge is 2.12. The fraction of sp³-hybridized carbons (Fsp3) is 0.571. The van der Waals surface area contributed by atoms with E-state index in [9.17, 15) is 0 Å². The van der Waals surface area contributed by atoms with Gasteiger partial charge in [0, 0.05) is 5.02 Å². The molecule has 0 aliphatic heterocycles. The van der Waals surface area contributed by atoms with E-state index in [1.54, 1.807) is 0 Å². The SMILES string of the molecule is Cc1cc(OCC(C)C)c(CCN)c(C)c1Cl. The Bertz CT molecular complexity index is 388. The summed E-state index contributed by atoms with van der Waals surface area (Å²) in [5, 5.41) is 0.824. The van der Waals surface area contributed by atoms with E-state index in [1.165, 1.54) is 0 Å². The van der Waals surface area contributed by atoms with Crippen molar-refractivity contribution in [3.8, 4) is 5.75 Å². The Kier molecular flexibility index (Phi) is 5.29. The minimum absolute atomic E-state index is 0.511. The van der Waals surface area contributed by atoms with Crippen LogP contribution in [0.15, 0.2) is 6.07 Å². The monoisotopic (exact) mass is 255 g/mol. The summed E-state index contributed by atoms with van der Waals surface area (Å²) in [6, 6.07) is 2.02. The van der Waals surface area contributed by atoms with E-state index in [0.717, 1.165) is 40.5 Å². The number of hydrogen-bond donors (Lipinski definition) is 1. The van der Waals surface area contributed by atoms with Crippen molar-refractivity contribution in [2.45, 2.75) is 34.1 Å². The summed E-state index contributed by atoms with van der Waals surface area (Å²) in [6.45, 7) is 9.64. The van der Waals surface area contributed by atoms with Crippen LogP contribution in [-0.2, 0) is 6.42 Å². The predicted molar refractivity (Wildman–Crippen MR) is 74.0 cm³/mol. The lowest BCUT2D eigenvalue weighted by Gasteiger charge is -2.17. The van der Waals surface area contributed by atoms with Gasteiger partial charge in [-0.25, -0.2) is 0 Å². The molecule has 0 radical (unpaired) electrons. The van der Waals surface area contributed by atoms with Crippen LogP contribution < -0.4 is 10.5 Å². The topological polar surface area (TPSA) is 35.2 Å². The Hall–Kier alpha value is -0.730. The highest BCUT2D eigenvalue weighted by Crippen LogP contribution is 2.32. The summed E-state index contributed by atoms with van der Waals surface area (Å²) in [5.74, 6) is 1.44. The molecular weight excluding hydrogens is 234 g/mol. The molecule has 0 fully saturated rings. The molecule has 0 atom stereocenters. The van der Waals surface area contributed by atoms with Crippen LogP contribution in [0.3, 0.4) is 0 Å². The van der Waals surface area contributed by atoms with Crippen molar-refractivity contribution >= 4 is 11.6 Å². The first-order chi connectivity index (χ1) is 7.97. The van der Waals surface area contributed by atoms with Crippen LogP contribution in [0, 0.1) is 19.8 Å². The number of halogens is 1. The van der Waals surface area contributed by atoms with E-state index in [0.29, 0.717) is 12.5 Å². The third-order valence-corrected chi connectivity index (χ3v) is 3.32. The molecule has 0 aliphatic rings. The molecule has 96 valence electrons. The zero-order valence-electron chi connectivity index (χ0n) is 11.1. The van der Waals surface area contributed by atoms with Gasteiger partial charge in [-0.3, -0.25) is 0 Å². The molecule has 0 heterocycles. The number of hydrogen-bond acceptors (Lipinski definition) is 2. The lowest BCUT2D eigenvalue weighted by Crippen LogP contribution is -2.10. The molecule has 0 aliphatic carbocycles. The van der Waals surface area contributed by atoms with Gasteiger partial charge in [0.25, 0.3) is 0 Å². The van der Waals surface area contributed by atoms with E-state index in [-0.39, 0.29) is 0 Å². The smallest absolute Gasteiger partial charge is 0.123 e. The maximum Gasteiger partial charge on any atom is 0.123 e. The standard InChI is InChI=1S/C14H22ClNO/c1-9(2)8-17-13-7-10(3)14(15)11(4)12(13)5-6-16/h7,9H,5-6,8,16H2,1-4H3. The van der Waals surface area contributed by atoms with E-state index in [4.69, 9.17) is 22.1 Å². The van der Waals surface area contributed by atoms with Crippen molar-refractivity contribution in [1.82, 2.24) is 0 Å². The minimum atomic E-state index is 0.511. The van der Waals surface area contributed by atoms with Crippen LogP contribution >= 0.6 is 11.6 Å². The van der Waals surface area contributed by atoms with Crippen molar-refractivity contribution in [2.75, 3.05) is 13.2 Å². The van der Waals surface area contributed by atoms with Crippen LogP contribution in [0.25, 0.3) is 0 Å². The first-order valence-corrected chi connectivity index (χ1v) is 6.46. The third-order valence-electron chi connectivity index (χ3n) is 2.74. The Balaban J connectivity index is 3.08. The molecule has 3 heteroatoms. The van der Waals surface area contributed by atoms with Gasteiger partial charge in [0.15, 0.2) is 0 Å². The summed E-state index contributed by atoms with van der Waals surface area (Å²) in [6.07, 6.45) is 0.805. The predicted octanol–water partition coefficient (Wildman–Crippen LogP) is 3.49. The van der Waals surface area contributed by atoms with Crippen LogP contribution in [0.2, 0.25) is 5.02 Å². The van der Waals surface area contributed by atoms with Crippen LogP contribution in [-0.4, -0.2) is 13.2 Å². The van der Waals surface area contributed by atoms with Crippen LogP contribution in [0.4, 0.5) is 0 Å². The van der Waals surface area contributed by atoms with Crippen LogP contribution in [0.1, 0.15) is 30.5 Å². The van der Waals surface area contributed by atoms with Gasteiger partial charge in [0.1, 0.15) is 5.75 Å². The molecule has 1 rings (SSSR count). The highest BCUT2D eigenvalue weighted by molar-refractivity contribution is 6.32. The molecule has 1 aromatic rings. The number of ether oxygens (including phenoxy) is 1. The lowest BCUT2D eigenvalue weighted by atomic mass is 10.0. The van der Waals surface area contributed by atoms with Gasteiger partial charge in [0.2, 0.25) is 0 Å². The quantitative estimate of drug-likeness (QED) is 0.874. The van der Waals surface area contributed by atoms with Gasteiger partial charge in [-0.05, 0) is 55.5 Å². The molecule has 17 heavy (non-hydrogen) atoms. The molecule has 0 unspecified atom stereocenters. The molecule has 0 aromatic heterocycles. The van der Waals surface area contributed by atoms with E-state index >= 15 is 0 Å². The van der Waals surface area contributed by atoms with Gasteiger partial charge in [0.05, 0.1) is 6.61 Å². The van der Waals surface area contributed by atoms with Gasteiger partial charge >= 0.3 is 0 Å². The fourth-order valence-electron chi connectivity index (χ4n) is 1.80. The minimum Gasteiger partial charge on any atom is -0.493 e. The molecule has 0 saturated heterocycles. The Labute approximate surface area is 109 Å². The zero-order chi connectivity index (χ0) is 13.0. The van der Waals surface area contributed by atoms with E-state index in [2.05, 4.69) is 13.8 Å². The lowest BCUT2D eigenvalue weighted by molar-refractivity contribution is 0.268. The Morgan fingerprint density at radius 2 is 2.00 bits per heavy atom. The molecule has 0 saturated carbocycles. The van der Waals surface area contributed by atoms with Crippen molar-refractivity contribution in [3.63, 3.8) is 0 Å². The molecule has 2 N–H and O–H groups in total. The average molecular weight is 256 g/mol. The van der Waals surface area contributed by atoms with Gasteiger partial charge in [-0.1, -0.05) is 25.4 Å². The Morgan fingerprint density at radius 1 is 1.35 bits per heavy atom. The van der Waals surface area contributed by atoms with Crippen molar-refractivity contribution in [3.05, 3.63) is 27.8 Å². The number of rotatable bonds is 5. The first kappa shape index (κ1) is 14.3. The molecule has 1 aromatic carbocycles. The van der Waals surface area contributed by atoms with Gasteiger partial charge in [-0.2, -0.15) is 0 Å². The highest BCUT2D eigenvalue weighted by atomic mass is 35.5.